The quantitative estimate of drug-likeness (QED) is 0.233. The number of hydrogen-bond donors (Lipinski definition) is 3. The molecule has 0 atom stereocenters. The first kappa shape index (κ1) is 27.4. The molecule has 1 saturated heterocycles. The third kappa shape index (κ3) is 6.54. The summed E-state index contributed by atoms with van der Waals surface area (Å²) in [6, 6.07) is 12.9. The van der Waals surface area contributed by atoms with Crippen LogP contribution in [0.3, 0.4) is 0 Å². The molecule has 3 N–H and O–H groups in total. The minimum atomic E-state index is -4.10. The van der Waals surface area contributed by atoms with Crippen molar-refractivity contribution in [3.05, 3.63) is 48.5 Å². The van der Waals surface area contributed by atoms with E-state index in [1.54, 1.807) is 18.2 Å². The average Bonchev–Trinajstić information content (AvgIpc) is 2.86. The van der Waals surface area contributed by atoms with Crippen LogP contribution < -0.4 is 20.3 Å². The van der Waals surface area contributed by atoms with Crippen molar-refractivity contribution >= 4 is 27.3 Å². The van der Waals surface area contributed by atoms with E-state index in [-0.39, 0.29) is 56.0 Å². The van der Waals surface area contributed by atoms with Gasteiger partial charge in [-0.25, -0.2) is 13.9 Å². The molecular formula is C25H32N2O8S. The molecule has 0 aromatic heterocycles. The van der Waals surface area contributed by atoms with Crippen molar-refractivity contribution in [2.24, 2.45) is 0 Å². The number of hydrogen-bond acceptors (Lipinski definition) is 8. The summed E-state index contributed by atoms with van der Waals surface area (Å²) < 4.78 is 41.2. The van der Waals surface area contributed by atoms with Gasteiger partial charge in [0, 0.05) is 31.4 Å². The molecule has 11 heteroatoms. The molecule has 2 amide bonds. The second-order valence-electron chi connectivity index (χ2n) is 8.72. The predicted molar refractivity (Wildman–Crippen MR) is 132 cm³/mol. The highest BCUT2D eigenvalue weighted by atomic mass is 32.2. The lowest BCUT2D eigenvalue weighted by molar-refractivity contribution is -0.134. The van der Waals surface area contributed by atoms with E-state index < -0.39 is 20.5 Å². The van der Waals surface area contributed by atoms with Crippen molar-refractivity contribution in [2.45, 2.75) is 55.3 Å². The lowest BCUT2D eigenvalue weighted by Gasteiger charge is -2.34. The van der Waals surface area contributed by atoms with Crippen LogP contribution in [0.1, 0.15) is 39.5 Å². The molecule has 10 nitrogen and oxygen atoms in total. The molecule has 36 heavy (non-hydrogen) atoms. The van der Waals surface area contributed by atoms with Gasteiger partial charge in [-0.05, 0) is 69.5 Å². The van der Waals surface area contributed by atoms with E-state index in [0.29, 0.717) is 23.6 Å². The first-order chi connectivity index (χ1) is 17.2. The minimum Gasteiger partial charge on any atom is -0.494 e. The molecule has 3 rings (SSSR count). The zero-order chi connectivity index (χ0) is 26.2. The SMILES string of the molecule is CC(C)Oc1cccc(NC(=O)CCCOc2ccc(S(=O)(=O)C3(C(=O)NO)CCOCC3)cc2)c1. The standard InChI is InChI=1S/C25H32N2O8S/c1-18(2)35-21-6-3-5-19(17-21)26-23(28)7-4-14-34-20-8-10-22(11-9-20)36(31,32)25(24(29)27-30)12-15-33-16-13-25/h3,5-6,8-11,17-18,30H,4,7,12-16H2,1-2H3,(H,26,28)(H,27,29). The molecule has 0 bridgehead atoms. The third-order valence-corrected chi connectivity index (χ3v) is 8.29. The van der Waals surface area contributed by atoms with Crippen LogP contribution in [-0.2, 0) is 24.2 Å². The summed E-state index contributed by atoms with van der Waals surface area (Å²) in [6.07, 6.45) is 0.607. The smallest absolute Gasteiger partial charge is 0.265 e. The van der Waals surface area contributed by atoms with Crippen molar-refractivity contribution in [2.75, 3.05) is 25.1 Å². The second-order valence-corrected chi connectivity index (χ2v) is 11.0. The van der Waals surface area contributed by atoms with Gasteiger partial charge in [-0.15, -0.1) is 0 Å². The Balaban J connectivity index is 1.52. The molecule has 1 fully saturated rings. The van der Waals surface area contributed by atoms with Crippen LogP contribution in [0.25, 0.3) is 0 Å². The van der Waals surface area contributed by atoms with Crippen molar-refractivity contribution in [1.82, 2.24) is 5.48 Å². The zero-order valence-electron chi connectivity index (χ0n) is 20.4. The van der Waals surface area contributed by atoms with Gasteiger partial charge in [-0.2, -0.15) is 0 Å². The molecule has 0 unspecified atom stereocenters. The lowest BCUT2D eigenvalue weighted by atomic mass is 9.98. The van der Waals surface area contributed by atoms with Crippen LogP contribution >= 0.6 is 0 Å². The van der Waals surface area contributed by atoms with E-state index in [1.165, 1.54) is 29.7 Å². The van der Waals surface area contributed by atoms with Gasteiger partial charge in [0.1, 0.15) is 11.5 Å². The van der Waals surface area contributed by atoms with Crippen LogP contribution in [0, 0.1) is 0 Å². The number of carbonyl (C=O) groups excluding carboxylic acids is 2. The number of rotatable bonds is 11. The Morgan fingerprint density at radius 3 is 2.42 bits per heavy atom. The van der Waals surface area contributed by atoms with Crippen molar-refractivity contribution < 1.29 is 37.4 Å². The van der Waals surface area contributed by atoms with E-state index in [4.69, 9.17) is 19.4 Å². The highest BCUT2D eigenvalue weighted by Crippen LogP contribution is 2.35. The molecule has 2 aromatic rings. The molecule has 0 aliphatic carbocycles. The number of nitrogens with one attached hydrogen (secondary N) is 2. The number of amides is 2. The summed E-state index contributed by atoms with van der Waals surface area (Å²) in [4.78, 5) is 24.5. The fourth-order valence-corrected chi connectivity index (χ4v) is 5.87. The zero-order valence-corrected chi connectivity index (χ0v) is 21.2. The van der Waals surface area contributed by atoms with Crippen LogP contribution in [0.4, 0.5) is 5.69 Å². The van der Waals surface area contributed by atoms with Crippen LogP contribution in [0.2, 0.25) is 0 Å². The topological polar surface area (TPSA) is 140 Å². The van der Waals surface area contributed by atoms with Crippen molar-refractivity contribution in [3.8, 4) is 11.5 Å². The Morgan fingerprint density at radius 2 is 1.78 bits per heavy atom. The molecule has 196 valence electrons. The van der Waals surface area contributed by atoms with Crippen LogP contribution in [0.5, 0.6) is 11.5 Å². The Hall–Kier alpha value is -3.15. The number of sulfone groups is 1. The second kappa shape index (κ2) is 12.2. The third-order valence-electron chi connectivity index (χ3n) is 5.77. The van der Waals surface area contributed by atoms with E-state index in [1.807, 2.05) is 19.9 Å². The molecular weight excluding hydrogens is 488 g/mol. The number of hydroxylamine groups is 1. The average molecular weight is 521 g/mol. The Bertz CT molecular complexity index is 1140. The highest BCUT2D eigenvalue weighted by Gasteiger charge is 2.52. The maximum absolute atomic E-state index is 13.3. The summed E-state index contributed by atoms with van der Waals surface area (Å²) in [6.45, 7) is 4.30. The Kier molecular flexibility index (Phi) is 9.30. The number of carbonyl (C=O) groups is 2. The summed E-state index contributed by atoms with van der Waals surface area (Å²) in [5.41, 5.74) is 2.14. The Labute approximate surface area is 210 Å². The summed E-state index contributed by atoms with van der Waals surface area (Å²) in [7, 11) is -4.10. The molecule has 0 spiro atoms. The summed E-state index contributed by atoms with van der Waals surface area (Å²) in [5, 5.41) is 12.0. The van der Waals surface area contributed by atoms with Crippen molar-refractivity contribution in [1.29, 1.82) is 0 Å². The first-order valence-electron chi connectivity index (χ1n) is 11.7. The van der Waals surface area contributed by atoms with E-state index >= 15 is 0 Å². The van der Waals surface area contributed by atoms with Gasteiger partial charge in [0.2, 0.25) is 5.91 Å². The monoisotopic (exact) mass is 520 g/mol. The van der Waals surface area contributed by atoms with E-state index in [0.717, 1.165) is 0 Å². The molecule has 2 aromatic carbocycles. The number of ether oxygens (including phenoxy) is 3. The van der Waals surface area contributed by atoms with Gasteiger partial charge in [0.25, 0.3) is 5.91 Å². The maximum atomic E-state index is 13.3. The van der Waals surface area contributed by atoms with Gasteiger partial charge < -0.3 is 19.5 Å². The number of anilines is 1. The minimum absolute atomic E-state index is 0.0327. The van der Waals surface area contributed by atoms with Crippen LogP contribution in [-0.4, -0.2) is 56.1 Å². The fourth-order valence-electron chi connectivity index (χ4n) is 3.93. The molecule has 1 aliphatic heterocycles. The molecule has 0 radical (unpaired) electrons. The normalized spacial score (nSPS) is 15.2. The van der Waals surface area contributed by atoms with Gasteiger partial charge in [-0.3, -0.25) is 14.8 Å². The van der Waals surface area contributed by atoms with Gasteiger partial charge >= 0.3 is 0 Å². The fraction of sp³-hybridized carbons (Fsp3) is 0.440. The van der Waals surface area contributed by atoms with Gasteiger partial charge in [-0.1, -0.05) is 6.07 Å². The number of benzene rings is 2. The van der Waals surface area contributed by atoms with Gasteiger partial charge in [0.15, 0.2) is 14.6 Å². The lowest BCUT2D eigenvalue weighted by Crippen LogP contribution is -2.54. The molecule has 0 saturated carbocycles. The summed E-state index contributed by atoms with van der Waals surface area (Å²) >= 11 is 0. The highest BCUT2D eigenvalue weighted by molar-refractivity contribution is 7.93. The molecule has 1 aliphatic rings. The van der Waals surface area contributed by atoms with Crippen molar-refractivity contribution in [3.63, 3.8) is 0 Å². The summed E-state index contributed by atoms with van der Waals surface area (Å²) in [5.74, 6) is -0.0221. The maximum Gasteiger partial charge on any atom is 0.265 e. The van der Waals surface area contributed by atoms with Gasteiger partial charge in [0.05, 0.1) is 17.6 Å². The van der Waals surface area contributed by atoms with E-state index in [9.17, 15) is 18.0 Å². The largest absolute Gasteiger partial charge is 0.494 e. The first-order valence-corrected chi connectivity index (χ1v) is 13.2. The molecule has 1 heterocycles. The Morgan fingerprint density at radius 1 is 1.08 bits per heavy atom. The predicted octanol–water partition coefficient (Wildman–Crippen LogP) is 3.10. The van der Waals surface area contributed by atoms with E-state index in [2.05, 4.69) is 5.32 Å². The van der Waals surface area contributed by atoms with Crippen LogP contribution in [0.15, 0.2) is 53.4 Å².